The summed E-state index contributed by atoms with van der Waals surface area (Å²) in [5.41, 5.74) is 1.18. The van der Waals surface area contributed by atoms with Crippen LogP contribution in [0.25, 0.3) is 0 Å². The van der Waals surface area contributed by atoms with Gasteiger partial charge in [-0.25, -0.2) is 0 Å². The predicted molar refractivity (Wildman–Crippen MR) is 80.5 cm³/mol. The Balaban J connectivity index is 2.17. The molecule has 0 amide bonds. The molecular formula is C15H21N3S. The highest BCUT2D eigenvalue weighted by Crippen LogP contribution is 2.33. The monoisotopic (exact) mass is 275 g/mol. The van der Waals surface area contributed by atoms with Crippen LogP contribution >= 0.6 is 11.3 Å². The van der Waals surface area contributed by atoms with Crippen LogP contribution in [-0.4, -0.2) is 16.2 Å². The molecule has 1 heterocycles. The molecule has 0 bridgehead atoms. The molecule has 0 radical (unpaired) electrons. The number of benzene rings is 1. The Morgan fingerprint density at radius 3 is 2.47 bits per heavy atom. The van der Waals surface area contributed by atoms with Gasteiger partial charge < -0.3 is 5.32 Å². The summed E-state index contributed by atoms with van der Waals surface area (Å²) in [7, 11) is 0. The van der Waals surface area contributed by atoms with Gasteiger partial charge in [-0.15, -0.1) is 10.2 Å². The van der Waals surface area contributed by atoms with Crippen LogP contribution in [0.2, 0.25) is 0 Å². The molecular weight excluding hydrogens is 254 g/mol. The van der Waals surface area contributed by atoms with Crippen molar-refractivity contribution in [2.24, 2.45) is 0 Å². The molecule has 1 aromatic carbocycles. The summed E-state index contributed by atoms with van der Waals surface area (Å²) >= 11 is 1.69. The Morgan fingerprint density at radius 1 is 1.16 bits per heavy atom. The molecule has 0 atom stereocenters. The standard InChI is InChI=1S/C15H21N3S/c1-11(2)16-10-13-17-18-14(19-13)15(3,4)12-8-6-5-7-9-12/h5-9,11,16H,10H2,1-4H3. The SMILES string of the molecule is CC(C)NCc1nnc(C(C)(C)c2ccccc2)s1. The van der Waals surface area contributed by atoms with Crippen LogP contribution in [0, 0.1) is 0 Å². The van der Waals surface area contributed by atoms with E-state index in [1.165, 1.54) is 5.56 Å². The van der Waals surface area contributed by atoms with Crippen molar-refractivity contribution in [1.29, 1.82) is 0 Å². The molecule has 19 heavy (non-hydrogen) atoms. The molecule has 4 heteroatoms. The average Bonchev–Trinajstić information content (AvgIpc) is 2.87. The van der Waals surface area contributed by atoms with Crippen LogP contribution < -0.4 is 5.32 Å². The van der Waals surface area contributed by atoms with Crippen LogP contribution in [0.1, 0.15) is 43.3 Å². The second kappa shape index (κ2) is 5.80. The highest BCUT2D eigenvalue weighted by molar-refractivity contribution is 7.11. The summed E-state index contributed by atoms with van der Waals surface area (Å²) in [4.78, 5) is 0. The first kappa shape index (κ1) is 14.2. The van der Waals surface area contributed by atoms with E-state index in [-0.39, 0.29) is 5.41 Å². The minimum absolute atomic E-state index is 0.0883. The van der Waals surface area contributed by atoms with Crippen molar-refractivity contribution in [3.05, 3.63) is 45.9 Å². The lowest BCUT2D eigenvalue weighted by Crippen LogP contribution is -2.21. The highest BCUT2D eigenvalue weighted by atomic mass is 32.1. The zero-order valence-electron chi connectivity index (χ0n) is 12.0. The number of nitrogens with zero attached hydrogens (tertiary/aromatic N) is 2. The van der Waals surface area contributed by atoms with Gasteiger partial charge >= 0.3 is 0 Å². The van der Waals surface area contributed by atoms with Crippen LogP contribution in [0.3, 0.4) is 0 Å². The van der Waals surface area contributed by atoms with Crippen LogP contribution in [0.15, 0.2) is 30.3 Å². The largest absolute Gasteiger partial charge is 0.308 e. The van der Waals surface area contributed by atoms with Crippen molar-refractivity contribution < 1.29 is 0 Å². The second-order valence-electron chi connectivity index (χ2n) is 5.53. The fraction of sp³-hybridized carbons (Fsp3) is 0.467. The zero-order valence-corrected chi connectivity index (χ0v) is 12.8. The topological polar surface area (TPSA) is 37.8 Å². The van der Waals surface area contributed by atoms with Gasteiger partial charge in [0.05, 0.1) is 0 Å². The summed E-state index contributed by atoms with van der Waals surface area (Å²) in [5, 5.41) is 14.1. The van der Waals surface area contributed by atoms with Gasteiger partial charge in [0, 0.05) is 18.0 Å². The molecule has 0 saturated carbocycles. The van der Waals surface area contributed by atoms with E-state index in [1.807, 2.05) is 6.07 Å². The highest BCUT2D eigenvalue weighted by Gasteiger charge is 2.27. The Morgan fingerprint density at radius 2 is 1.84 bits per heavy atom. The van der Waals surface area contributed by atoms with Crippen molar-refractivity contribution >= 4 is 11.3 Å². The van der Waals surface area contributed by atoms with E-state index >= 15 is 0 Å². The van der Waals surface area contributed by atoms with Gasteiger partial charge in [-0.2, -0.15) is 0 Å². The molecule has 0 unspecified atom stereocenters. The third-order valence-electron chi connectivity index (χ3n) is 3.16. The van der Waals surface area contributed by atoms with E-state index < -0.39 is 0 Å². The van der Waals surface area contributed by atoms with Crippen molar-refractivity contribution in [3.63, 3.8) is 0 Å². The fourth-order valence-corrected chi connectivity index (χ4v) is 2.76. The number of rotatable bonds is 5. The maximum Gasteiger partial charge on any atom is 0.131 e. The minimum Gasteiger partial charge on any atom is -0.308 e. The molecule has 1 N–H and O–H groups in total. The molecule has 0 saturated heterocycles. The number of aromatic nitrogens is 2. The van der Waals surface area contributed by atoms with Gasteiger partial charge in [0.1, 0.15) is 10.0 Å². The van der Waals surface area contributed by atoms with Crippen molar-refractivity contribution in [1.82, 2.24) is 15.5 Å². The maximum atomic E-state index is 4.37. The summed E-state index contributed by atoms with van der Waals surface area (Å²) < 4.78 is 0. The van der Waals surface area contributed by atoms with Crippen molar-refractivity contribution in [2.45, 2.75) is 45.7 Å². The maximum absolute atomic E-state index is 4.37. The van der Waals surface area contributed by atoms with E-state index in [1.54, 1.807) is 11.3 Å². The quantitative estimate of drug-likeness (QED) is 0.909. The molecule has 0 aliphatic carbocycles. The van der Waals surface area contributed by atoms with Gasteiger partial charge in [0.25, 0.3) is 0 Å². The van der Waals surface area contributed by atoms with Crippen molar-refractivity contribution in [3.8, 4) is 0 Å². The van der Waals surface area contributed by atoms with Crippen LogP contribution in [-0.2, 0) is 12.0 Å². The second-order valence-corrected chi connectivity index (χ2v) is 6.59. The Bertz CT molecular complexity index is 517. The molecule has 0 spiro atoms. The summed E-state index contributed by atoms with van der Waals surface area (Å²) in [6.07, 6.45) is 0. The minimum atomic E-state index is -0.0883. The average molecular weight is 275 g/mol. The Kier molecular flexibility index (Phi) is 4.32. The lowest BCUT2D eigenvalue weighted by molar-refractivity contribution is 0.583. The van der Waals surface area contributed by atoms with Crippen molar-refractivity contribution in [2.75, 3.05) is 0 Å². The first-order chi connectivity index (χ1) is 9.00. The number of hydrogen-bond acceptors (Lipinski definition) is 4. The molecule has 1 aromatic heterocycles. The van der Waals surface area contributed by atoms with Gasteiger partial charge in [-0.3, -0.25) is 0 Å². The third kappa shape index (κ3) is 3.39. The summed E-state index contributed by atoms with van der Waals surface area (Å²) in [6.45, 7) is 9.46. The molecule has 0 aliphatic heterocycles. The van der Waals surface area contributed by atoms with Gasteiger partial charge in [0.2, 0.25) is 0 Å². The van der Waals surface area contributed by atoms with Gasteiger partial charge in [0.15, 0.2) is 0 Å². The number of nitrogens with one attached hydrogen (secondary N) is 1. The van der Waals surface area contributed by atoms with Gasteiger partial charge in [-0.1, -0.05) is 55.5 Å². The Labute approximate surface area is 119 Å². The van der Waals surface area contributed by atoms with E-state index in [2.05, 4.69) is 67.5 Å². The summed E-state index contributed by atoms with van der Waals surface area (Å²) in [5.74, 6) is 0. The zero-order chi connectivity index (χ0) is 13.9. The van der Waals surface area contributed by atoms with E-state index in [9.17, 15) is 0 Å². The van der Waals surface area contributed by atoms with Crippen LogP contribution in [0.5, 0.6) is 0 Å². The first-order valence-corrected chi connectivity index (χ1v) is 7.43. The summed E-state index contributed by atoms with van der Waals surface area (Å²) in [6, 6.07) is 10.9. The molecule has 2 rings (SSSR count). The predicted octanol–water partition coefficient (Wildman–Crippen LogP) is 3.36. The molecule has 0 aliphatic rings. The van der Waals surface area contributed by atoms with Crippen LogP contribution in [0.4, 0.5) is 0 Å². The normalized spacial score (nSPS) is 12.1. The molecule has 3 nitrogen and oxygen atoms in total. The fourth-order valence-electron chi connectivity index (χ4n) is 1.85. The molecule has 2 aromatic rings. The van der Waals surface area contributed by atoms with E-state index in [0.717, 1.165) is 16.6 Å². The molecule has 102 valence electrons. The smallest absolute Gasteiger partial charge is 0.131 e. The third-order valence-corrected chi connectivity index (χ3v) is 4.41. The number of hydrogen-bond donors (Lipinski definition) is 1. The van der Waals surface area contributed by atoms with E-state index in [0.29, 0.717) is 6.04 Å². The van der Waals surface area contributed by atoms with Gasteiger partial charge in [-0.05, 0) is 19.4 Å². The lowest BCUT2D eigenvalue weighted by atomic mass is 9.85. The first-order valence-electron chi connectivity index (χ1n) is 6.62. The lowest BCUT2D eigenvalue weighted by Gasteiger charge is -2.21. The Hall–Kier alpha value is -1.26. The van der Waals surface area contributed by atoms with E-state index in [4.69, 9.17) is 0 Å². The molecule has 0 fully saturated rings.